The summed E-state index contributed by atoms with van der Waals surface area (Å²) in [6.07, 6.45) is -1.38. The van der Waals surface area contributed by atoms with Gasteiger partial charge in [-0.1, -0.05) is 0 Å². The fourth-order valence-corrected chi connectivity index (χ4v) is 0.442. The van der Waals surface area contributed by atoms with Gasteiger partial charge in [-0.3, -0.25) is 4.79 Å². The van der Waals surface area contributed by atoms with Crippen molar-refractivity contribution in [3.63, 3.8) is 0 Å². The fraction of sp³-hybridized carbons (Fsp3) is 0.800. The highest BCUT2D eigenvalue weighted by atomic mass is 16.5. The number of amides is 1. The van der Waals surface area contributed by atoms with E-state index in [1.165, 1.54) is 0 Å². The van der Waals surface area contributed by atoms with Crippen LogP contribution >= 0.6 is 0 Å². The Balaban J connectivity index is 3.36. The van der Waals surface area contributed by atoms with Gasteiger partial charge >= 0.3 is 0 Å². The first-order valence-electron chi connectivity index (χ1n) is 3.16. The average Bonchev–Trinajstić information content (AvgIpc) is 2.03. The molecule has 0 spiro atoms. The van der Waals surface area contributed by atoms with Crippen LogP contribution in [0.5, 0.6) is 0 Å². The molecule has 0 fully saturated rings. The summed E-state index contributed by atoms with van der Waals surface area (Å²) in [5.74, 6) is -0.650. The third kappa shape index (κ3) is 4.68. The van der Waals surface area contributed by atoms with Crippen LogP contribution in [0.2, 0.25) is 0 Å². The molecule has 66 valence electrons. The minimum atomic E-state index is -1.38. The normalized spacial score (nSPS) is 12.6. The van der Waals surface area contributed by atoms with Crippen LogP contribution in [-0.4, -0.2) is 47.1 Å². The van der Waals surface area contributed by atoms with Gasteiger partial charge in [-0.2, -0.15) is 0 Å². The third-order valence-electron chi connectivity index (χ3n) is 1.01. The van der Waals surface area contributed by atoms with Gasteiger partial charge in [0.2, 0.25) is 0 Å². The van der Waals surface area contributed by atoms with Crippen LogP contribution in [-0.2, 0) is 4.79 Å². The maximum atomic E-state index is 10.6. The molecule has 0 saturated heterocycles. The van der Waals surface area contributed by atoms with Crippen LogP contribution in [0.1, 0.15) is 0 Å². The van der Waals surface area contributed by atoms with Gasteiger partial charge in [-0.05, 0) is 0 Å². The van der Waals surface area contributed by atoms with Crippen LogP contribution in [0.15, 0.2) is 0 Å². The Kier molecular flexibility index (Phi) is 5.67. The average molecular weight is 164 g/mol. The molecule has 1 atom stereocenters. The second kappa shape index (κ2) is 6.05. The number of nitrogens with one attached hydrogen (secondary N) is 2. The summed E-state index contributed by atoms with van der Waals surface area (Å²) >= 11 is 0. The van der Waals surface area contributed by atoms with Crippen LogP contribution in [0.4, 0.5) is 0 Å². The third-order valence-corrected chi connectivity index (χ3v) is 1.01. The summed E-state index contributed by atoms with van der Waals surface area (Å²) in [5.41, 5.74) is 1.82. The van der Waals surface area contributed by atoms with Gasteiger partial charge in [0.25, 0.3) is 5.91 Å². The summed E-state index contributed by atoms with van der Waals surface area (Å²) in [6, 6.07) is 0. The van der Waals surface area contributed by atoms with Crippen molar-refractivity contribution >= 4 is 5.91 Å². The second-order valence-electron chi connectivity index (χ2n) is 1.90. The smallest absolute Gasteiger partial charge is 0.251 e. The fourth-order valence-electron chi connectivity index (χ4n) is 0.442. The molecule has 0 radical (unpaired) electrons. The molecule has 0 aliphatic carbocycles. The van der Waals surface area contributed by atoms with E-state index in [0.717, 1.165) is 0 Å². The molecule has 0 aromatic heterocycles. The van der Waals surface area contributed by atoms with Gasteiger partial charge in [-0.25, -0.2) is 5.48 Å². The van der Waals surface area contributed by atoms with E-state index in [9.17, 15) is 4.79 Å². The summed E-state index contributed by atoms with van der Waals surface area (Å²) < 4.78 is 0. The van der Waals surface area contributed by atoms with Crippen LogP contribution in [0.3, 0.4) is 0 Å². The van der Waals surface area contributed by atoms with Gasteiger partial charge < -0.3 is 20.7 Å². The minimum Gasteiger partial charge on any atom is -0.393 e. The number of aliphatic hydroxyl groups excluding tert-OH is 2. The Bertz CT molecular complexity index is 119. The predicted molar refractivity (Wildman–Crippen MR) is 35.9 cm³/mol. The Morgan fingerprint density at radius 1 is 1.45 bits per heavy atom. The van der Waals surface area contributed by atoms with E-state index < -0.39 is 18.6 Å². The standard InChI is InChI=1S/C5H12N2O4/c8-3-4(9)5(10)6-1-2-7-11/h4,7-9,11H,1-3H2,(H,6,10). The zero-order valence-corrected chi connectivity index (χ0v) is 5.95. The van der Waals surface area contributed by atoms with Gasteiger partial charge in [0.05, 0.1) is 6.61 Å². The first-order chi connectivity index (χ1) is 5.22. The van der Waals surface area contributed by atoms with Gasteiger partial charge in [-0.15, -0.1) is 0 Å². The lowest BCUT2D eigenvalue weighted by Gasteiger charge is -2.07. The molecule has 0 aromatic carbocycles. The lowest BCUT2D eigenvalue weighted by Crippen LogP contribution is -2.39. The van der Waals surface area contributed by atoms with Crippen molar-refractivity contribution in [1.29, 1.82) is 0 Å². The summed E-state index contributed by atoms with van der Waals surface area (Å²) in [4.78, 5) is 10.6. The Morgan fingerprint density at radius 2 is 2.09 bits per heavy atom. The van der Waals surface area contributed by atoms with E-state index in [-0.39, 0.29) is 13.1 Å². The van der Waals surface area contributed by atoms with Crippen molar-refractivity contribution in [2.75, 3.05) is 19.7 Å². The van der Waals surface area contributed by atoms with Crippen molar-refractivity contribution in [2.24, 2.45) is 0 Å². The van der Waals surface area contributed by atoms with Gasteiger partial charge in [0.15, 0.2) is 6.10 Å². The predicted octanol–water partition coefficient (Wildman–Crippen LogP) is -2.57. The Morgan fingerprint density at radius 3 is 2.55 bits per heavy atom. The van der Waals surface area contributed by atoms with Crippen molar-refractivity contribution in [3.05, 3.63) is 0 Å². The molecule has 1 amide bonds. The summed E-state index contributed by atoms with van der Waals surface area (Å²) in [6.45, 7) is -0.200. The maximum Gasteiger partial charge on any atom is 0.251 e. The van der Waals surface area contributed by atoms with E-state index >= 15 is 0 Å². The van der Waals surface area contributed by atoms with Crippen LogP contribution < -0.4 is 10.8 Å². The summed E-state index contributed by atoms with van der Waals surface area (Å²) in [5, 5.41) is 27.3. The number of hydrogen-bond donors (Lipinski definition) is 5. The maximum absolute atomic E-state index is 10.6. The van der Waals surface area contributed by atoms with Crippen LogP contribution in [0.25, 0.3) is 0 Å². The molecule has 0 saturated carbocycles. The lowest BCUT2D eigenvalue weighted by molar-refractivity contribution is -0.131. The molecule has 0 aromatic rings. The molecule has 6 nitrogen and oxygen atoms in total. The zero-order valence-electron chi connectivity index (χ0n) is 5.95. The summed E-state index contributed by atoms with van der Waals surface area (Å²) in [7, 11) is 0. The Hall–Kier alpha value is -0.690. The largest absolute Gasteiger partial charge is 0.393 e. The van der Waals surface area contributed by atoms with E-state index in [1.54, 1.807) is 0 Å². The number of hydrogen-bond acceptors (Lipinski definition) is 5. The Labute approximate surface area is 63.8 Å². The van der Waals surface area contributed by atoms with E-state index in [0.29, 0.717) is 0 Å². The number of carbonyl (C=O) groups is 1. The van der Waals surface area contributed by atoms with Crippen LogP contribution in [0, 0.1) is 0 Å². The zero-order chi connectivity index (χ0) is 8.69. The molecule has 0 rings (SSSR count). The monoisotopic (exact) mass is 164 g/mol. The van der Waals surface area contributed by atoms with Crippen molar-refractivity contribution in [2.45, 2.75) is 6.10 Å². The molecule has 5 N–H and O–H groups in total. The number of carbonyl (C=O) groups excluding carboxylic acids is 1. The van der Waals surface area contributed by atoms with Crippen molar-refractivity contribution in [3.8, 4) is 0 Å². The molecule has 11 heavy (non-hydrogen) atoms. The molecule has 0 heterocycles. The highest BCUT2D eigenvalue weighted by Crippen LogP contribution is 1.78. The second-order valence-corrected chi connectivity index (χ2v) is 1.90. The molecule has 0 aliphatic heterocycles. The van der Waals surface area contributed by atoms with Gasteiger partial charge in [0, 0.05) is 13.1 Å². The highest BCUT2D eigenvalue weighted by Gasteiger charge is 2.11. The lowest BCUT2D eigenvalue weighted by atomic mass is 10.3. The van der Waals surface area contributed by atoms with E-state index in [1.807, 2.05) is 5.48 Å². The molecular formula is C5H12N2O4. The molecular weight excluding hydrogens is 152 g/mol. The van der Waals surface area contributed by atoms with E-state index in [2.05, 4.69) is 5.32 Å². The number of rotatable bonds is 5. The SMILES string of the molecule is O=C(NCCNO)C(O)CO. The van der Waals surface area contributed by atoms with Crippen molar-refractivity contribution in [1.82, 2.24) is 10.8 Å². The topological polar surface area (TPSA) is 102 Å². The first-order valence-corrected chi connectivity index (χ1v) is 3.16. The van der Waals surface area contributed by atoms with E-state index in [4.69, 9.17) is 15.4 Å². The molecule has 1 unspecified atom stereocenters. The number of aliphatic hydroxyl groups is 2. The molecule has 0 aliphatic rings. The van der Waals surface area contributed by atoms with Gasteiger partial charge in [0.1, 0.15) is 0 Å². The molecule has 6 heteroatoms. The van der Waals surface area contributed by atoms with Crippen molar-refractivity contribution < 1.29 is 20.2 Å². The highest BCUT2D eigenvalue weighted by molar-refractivity contribution is 5.80. The molecule has 0 bridgehead atoms. The number of hydroxylamine groups is 1. The quantitative estimate of drug-likeness (QED) is 0.227. The first kappa shape index (κ1) is 10.3. The minimum absolute atomic E-state index is 0.198.